The predicted molar refractivity (Wildman–Crippen MR) is 89.5 cm³/mol. The zero-order valence-electron chi connectivity index (χ0n) is 13.2. The van der Waals surface area contributed by atoms with Gasteiger partial charge in [0.1, 0.15) is 11.6 Å². The lowest BCUT2D eigenvalue weighted by Gasteiger charge is -2.07. The molecule has 2 aromatic heterocycles. The molecule has 1 N–H and O–H groups in total. The molecule has 7 nitrogen and oxygen atoms in total. The van der Waals surface area contributed by atoms with E-state index in [9.17, 15) is 8.42 Å². The Morgan fingerprint density at radius 2 is 1.92 bits per heavy atom. The zero-order valence-corrected chi connectivity index (χ0v) is 14.0. The number of sulfonamides is 1. The maximum Gasteiger partial charge on any atom is 0.240 e. The van der Waals surface area contributed by atoms with Crippen molar-refractivity contribution in [3.05, 3.63) is 54.5 Å². The second-order valence-corrected chi connectivity index (χ2v) is 6.99. The average molecular weight is 346 g/mol. The van der Waals surface area contributed by atoms with Crippen molar-refractivity contribution in [1.82, 2.24) is 19.3 Å². The number of nitrogens with one attached hydrogen (secondary N) is 1. The maximum atomic E-state index is 12.2. The zero-order chi connectivity index (χ0) is 17.0. The number of pyridine rings is 1. The van der Waals surface area contributed by atoms with E-state index in [-0.39, 0.29) is 4.90 Å². The molecule has 8 heteroatoms. The number of ether oxygens (including phenoxy) is 1. The van der Waals surface area contributed by atoms with Crippen LogP contribution in [0, 0.1) is 0 Å². The van der Waals surface area contributed by atoms with E-state index in [1.165, 1.54) is 19.2 Å². The molecule has 0 atom stereocenters. The van der Waals surface area contributed by atoms with Gasteiger partial charge >= 0.3 is 0 Å². The molecule has 0 saturated carbocycles. The molecule has 0 spiro atoms. The van der Waals surface area contributed by atoms with Gasteiger partial charge in [-0.1, -0.05) is 6.07 Å². The normalized spacial score (nSPS) is 11.7. The second-order valence-electron chi connectivity index (χ2n) is 5.22. The lowest BCUT2D eigenvalue weighted by molar-refractivity contribution is 0.414. The third-order valence-electron chi connectivity index (χ3n) is 3.62. The number of nitrogens with zero attached hydrogens (tertiary/aromatic N) is 3. The number of hydrogen-bond acceptors (Lipinski definition) is 5. The fourth-order valence-electron chi connectivity index (χ4n) is 2.35. The van der Waals surface area contributed by atoms with Gasteiger partial charge in [0.2, 0.25) is 10.0 Å². The lowest BCUT2D eigenvalue weighted by atomic mass is 10.3. The van der Waals surface area contributed by atoms with Crippen LogP contribution in [-0.2, 0) is 16.4 Å². The minimum absolute atomic E-state index is 0.219. The molecular weight excluding hydrogens is 328 g/mol. The van der Waals surface area contributed by atoms with Gasteiger partial charge in [0.05, 0.1) is 12.0 Å². The average Bonchev–Trinajstić information content (AvgIpc) is 3.02. The Morgan fingerprint density at radius 3 is 2.67 bits per heavy atom. The van der Waals surface area contributed by atoms with Crippen LogP contribution in [0.15, 0.2) is 53.6 Å². The number of fused-ring (bicyclic) bond motifs is 1. The maximum absolute atomic E-state index is 12.2. The highest BCUT2D eigenvalue weighted by molar-refractivity contribution is 7.89. The van der Waals surface area contributed by atoms with Crippen LogP contribution in [0.4, 0.5) is 0 Å². The molecule has 3 aromatic rings. The van der Waals surface area contributed by atoms with Gasteiger partial charge in [0.25, 0.3) is 0 Å². The number of aryl methyl sites for hydroxylation is 1. The summed E-state index contributed by atoms with van der Waals surface area (Å²) in [5, 5.41) is 8.20. The smallest absolute Gasteiger partial charge is 0.240 e. The Labute approximate surface area is 140 Å². The van der Waals surface area contributed by atoms with E-state index in [0.717, 1.165) is 11.5 Å². The molecule has 0 fully saturated rings. The molecule has 0 amide bonds. The Hall–Kier alpha value is -2.45. The Kier molecular flexibility index (Phi) is 4.77. The third-order valence-corrected chi connectivity index (χ3v) is 5.10. The minimum atomic E-state index is -3.52. The molecule has 24 heavy (non-hydrogen) atoms. The molecular formula is C16H18N4O3S. The minimum Gasteiger partial charge on any atom is -0.497 e. The van der Waals surface area contributed by atoms with Crippen molar-refractivity contribution in [3.63, 3.8) is 0 Å². The molecule has 0 bridgehead atoms. The number of rotatable bonds is 7. The Morgan fingerprint density at radius 1 is 1.12 bits per heavy atom. The van der Waals surface area contributed by atoms with E-state index in [1.807, 2.05) is 28.8 Å². The van der Waals surface area contributed by atoms with Gasteiger partial charge in [-0.3, -0.25) is 4.40 Å². The summed E-state index contributed by atoms with van der Waals surface area (Å²) >= 11 is 0. The van der Waals surface area contributed by atoms with Crippen LogP contribution in [0.1, 0.15) is 12.2 Å². The highest BCUT2D eigenvalue weighted by Crippen LogP contribution is 2.15. The van der Waals surface area contributed by atoms with Gasteiger partial charge in [-0.15, -0.1) is 10.2 Å². The van der Waals surface area contributed by atoms with Crippen LogP contribution in [0.2, 0.25) is 0 Å². The number of hydrogen-bond donors (Lipinski definition) is 1. The van der Waals surface area contributed by atoms with Crippen molar-refractivity contribution in [2.24, 2.45) is 0 Å². The molecule has 0 aliphatic heterocycles. The molecule has 2 heterocycles. The van der Waals surface area contributed by atoms with Crippen molar-refractivity contribution < 1.29 is 13.2 Å². The summed E-state index contributed by atoms with van der Waals surface area (Å²) in [4.78, 5) is 0.219. The summed E-state index contributed by atoms with van der Waals surface area (Å²) in [6.45, 7) is 0.329. The topological polar surface area (TPSA) is 85.6 Å². The molecule has 3 rings (SSSR count). The largest absolute Gasteiger partial charge is 0.497 e. The standard InChI is InChI=1S/C16H18N4O3S/c1-23-13-7-9-14(10-8-13)24(21,22)17-11-4-6-16-19-18-15-5-2-3-12-20(15)16/h2-3,5,7-10,12,17H,4,6,11H2,1H3. The first kappa shape index (κ1) is 16.4. The quantitative estimate of drug-likeness (QED) is 0.658. The molecule has 0 radical (unpaired) electrons. The SMILES string of the molecule is COc1ccc(S(=O)(=O)NCCCc2nnc3ccccn23)cc1. The monoisotopic (exact) mass is 346 g/mol. The first-order chi connectivity index (χ1) is 11.6. The van der Waals surface area contributed by atoms with Crippen molar-refractivity contribution in [3.8, 4) is 5.75 Å². The van der Waals surface area contributed by atoms with Crippen LogP contribution in [-0.4, -0.2) is 36.7 Å². The number of methoxy groups -OCH3 is 1. The van der Waals surface area contributed by atoms with Gasteiger partial charge in [-0.2, -0.15) is 0 Å². The van der Waals surface area contributed by atoms with Gasteiger partial charge in [0.15, 0.2) is 5.65 Å². The molecule has 0 saturated heterocycles. The Balaban J connectivity index is 1.57. The predicted octanol–water partition coefficient (Wildman–Crippen LogP) is 1.65. The van der Waals surface area contributed by atoms with Gasteiger partial charge in [-0.25, -0.2) is 13.1 Å². The van der Waals surface area contributed by atoms with Crippen LogP contribution >= 0.6 is 0 Å². The fourth-order valence-corrected chi connectivity index (χ4v) is 3.43. The van der Waals surface area contributed by atoms with E-state index in [4.69, 9.17) is 4.74 Å². The van der Waals surface area contributed by atoms with Crippen molar-refractivity contribution >= 4 is 15.7 Å². The van der Waals surface area contributed by atoms with Crippen LogP contribution in [0.5, 0.6) is 5.75 Å². The van der Waals surface area contributed by atoms with Gasteiger partial charge in [0, 0.05) is 19.2 Å². The van der Waals surface area contributed by atoms with Crippen LogP contribution < -0.4 is 9.46 Å². The summed E-state index contributed by atoms with van der Waals surface area (Å²) in [5.74, 6) is 1.43. The highest BCUT2D eigenvalue weighted by atomic mass is 32.2. The van der Waals surface area contributed by atoms with E-state index in [1.54, 1.807) is 12.1 Å². The first-order valence-electron chi connectivity index (χ1n) is 7.52. The first-order valence-corrected chi connectivity index (χ1v) is 9.01. The highest BCUT2D eigenvalue weighted by Gasteiger charge is 2.13. The van der Waals surface area contributed by atoms with Crippen molar-refractivity contribution in [2.45, 2.75) is 17.7 Å². The third kappa shape index (κ3) is 3.55. The summed E-state index contributed by atoms with van der Waals surface area (Å²) in [5.41, 5.74) is 0.784. The summed E-state index contributed by atoms with van der Waals surface area (Å²) in [7, 11) is -1.98. The van der Waals surface area contributed by atoms with Crippen LogP contribution in [0.3, 0.4) is 0 Å². The van der Waals surface area contributed by atoms with Crippen molar-refractivity contribution in [1.29, 1.82) is 0 Å². The molecule has 0 aliphatic carbocycles. The summed E-state index contributed by atoms with van der Waals surface area (Å²) < 4.78 is 34.0. The number of aromatic nitrogens is 3. The van der Waals surface area contributed by atoms with Gasteiger partial charge in [-0.05, 0) is 42.8 Å². The number of benzene rings is 1. The van der Waals surface area contributed by atoms with E-state index in [0.29, 0.717) is 25.1 Å². The second kappa shape index (κ2) is 6.98. The van der Waals surface area contributed by atoms with Gasteiger partial charge < -0.3 is 4.74 Å². The Bertz CT molecular complexity index is 920. The molecule has 126 valence electrons. The van der Waals surface area contributed by atoms with Crippen molar-refractivity contribution in [2.75, 3.05) is 13.7 Å². The summed E-state index contributed by atoms with van der Waals surface area (Å²) in [6.07, 6.45) is 3.16. The van der Waals surface area contributed by atoms with E-state index >= 15 is 0 Å². The lowest BCUT2D eigenvalue weighted by Crippen LogP contribution is -2.25. The van der Waals surface area contributed by atoms with Crippen LogP contribution in [0.25, 0.3) is 5.65 Å². The summed E-state index contributed by atoms with van der Waals surface area (Å²) in [6, 6.07) is 12.0. The fraction of sp³-hybridized carbons (Fsp3) is 0.250. The molecule has 1 aromatic carbocycles. The molecule has 0 unspecified atom stereocenters. The van der Waals surface area contributed by atoms with E-state index in [2.05, 4.69) is 14.9 Å². The van der Waals surface area contributed by atoms with E-state index < -0.39 is 10.0 Å². The molecule has 0 aliphatic rings.